The molecule has 160 valence electrons. The number of hydrogen-bond donors (Lipinski definition) is 0. The standard InChI is InChI=1S/C27H23NO4/c1-2-15-28-24(19-11-8-12-20(16-19)31-17-18-9-4-3-5-10-18)23-25(29)21-13-6-7-14-22(21)32-26(23)27(28)30/h3-14,16,24H,2,15,17H2,1H3. The van der Waals surface area contributed by atoms with Crippen molar-refractivity contribution in [2.45, 2.75) is 26.0 Å². The Morgan fingerprint density at radius 1 is 0.938 bits per heavy atom. The summed E-state index contributed by atoms with van der Waals surface area (Å²) < 4.78 is 11.9. The number of para-hydroxylation sites is 1. The first-order valence-electron chi connectivity index (χ1n) is 10.8. The van der Waals surface area contributed by atoms with Crippen molar-refractivity contribution >= 4 is 16.9 Å². The average Bonchev–Trinajstić information content (AvgIpc) is 3.11. The van der Waals surface area contributed by atoms with Gasteiger partial charge in [-0.1, -0.05) is 61.5 Å². The zero-order chi connectivity index (χ0) is 22.1. The SMILES string of the molecule is CCCN1C(=O)c2oc3ccccc3c(=O)c2C1c1cccc(OCc2ccccc2)c1. The summed E-state index contributed by atoms with van der Waals surface area (Å²) in [5.74, 6) is 0.585. The Morgan fingerprint density at radius 3 is 2.53 bits per heavy atom. The lowest BCUT2D eigenvalue weighted by atomic mass is 9.98. The molecule has 0 fully saturated rings. The van der Waals surface area contributed by atoms with Gasteiger partial charge in [0, 0.05) is 6.54 Å². The third-order valence-electron chi connectivity index (χ3n) is 5.76. The molecule has 1 amide bonds. The number of rotatable bonds is 6. The largest absolute Gasteiger partial charge is 0.489 e. The lowest BCUT2D eigenvalue weighted by molar-refractivity contribution is 0.0728. The third kappa shape index (κ3) is 3.46. The summed E-state index contributed by atoms with van der Waals surface area (Å²) in [7, 11) is 0. The number of nitrogens with zero attached hydrogens (tertiary/aromatic N) is 1. The highest BCUT2D eigenvalue weighted by atomic mass is 16.5. The highest BCUT2D eigenvalue weighted by Gasteiger charge is 2.42. The lowest BCUT2D eigenvalue weighted by Gasteiger charge is -2.25. The Morgan fingerprint density at radius 2 is 1.72 bits per heavy atom. The zero-order valence-corrected chi connectivity index (χ0v) is 17.8. The summed E-state index contributed by atoms with van der Waals surface area (Å²) in [6.45, 7) is 2.98. The van der Waals surface area contributed by atoms with Crippen molar-refractivity contribution in [1.82, 2.24) is 4.90 Å². The van der Waals surface area contributed by atoms with Gasteiger partial charge >= 0.3 is 0 Å². The van der Waals surface area contributed by atoms with E-state index in [1.807, 2.05) is 61.5 Å². The fraction of sp³-hybridized carbons (Fsp3) is 0.185. The molecular weight excluding hydrogens is 402 g/mol. The zero-order valence-electron chi connectivity index (χ0n) is 17.8. The summed E-state index contributed by atoms with van der Waals surface area (Å²) in [6, 6.07) is 24.1. The van der Waals surface area contributed by atoms with Gasteiger partial charge in [-0.15, -0.1) is 0 Å². The van der Waals surface area contributed by atoms with E-state index in [1.54, 1.807) is 29.2 Å². The Bertz CT molecular complexity index is 1340. The van der Waals surface area contributed by atoms with Crippen molar-refractivity contribution in [3.63, 3.8) is 0 Å². The van der Waals surface area contributed by atoms with Gasteiger partial charge in [0.05, 0.1) is 17.0 Å². The Balaban J connectivity index is 1.57. The molecule has 5 heteroatoms. The topological polar surface area (TPSA) is 59.8 Å². The second-order valence-electron chi connectivity index (χ2n) is 7.92. The number of amides is 1. The van der Waals surface area contributed by atoms with Crippen LogP contribution in [0.25, 0.3) is 11.0 Å². The van der Waals surface area contributed by atoms with Crippen molar-refractivity contribution < 1.29 is 13.9 Å². The molecule has 1 aliphatic heterocycles. The first kappa shape index (κ1) is 20.1. The lowest BCUT2D eigenvalue weighted by Crippen LogP contribution is -2.30. The van der Waals surface area contributed by atoms with Crippen molar-refractivity contribution in [2.75, 3.05) is 6.54 Å². The molecule has 5 rings (SSSR count). The minimum absolute atomic E-state index is 0.141. The summed E-state index contributed by atoms with van der Waals surface area (Å²) in [6.07, 6.45) is 0.772. The second-order valence-corrected chi connectivity index (χ2v) is 7.92. The minimum atomic E-state index is -0.501. The second kappa shape index (κ2) is 8.35. The molecule has 0 saturated heterocycles. The first-order chi connectivity index (χ1) is 15.7. The van der Waals surface area contributed by atoms with Gasteiger partial charge in [0.2, 0.25) is 5.76 Å². The predicted octanol–water partition coefficient (Wildman–Crippen LogP) is 5.33. The van der Waals surface area contributed by atoms with Crippen LogP contribution in [0.2, 0.25) is 0 Å². The van der Waals surface area contributed by atoms with E-state index >= 15 is 0 Å². The van der Waals surface area contributed by atoms with E-state index in [0.29, 0.717) is 35.4 Å². The number of fused-ring (bicyclic) bond motifs is 2. The molecular formula is C27H23NO4. The van der Waals surface area contributed by atoms with Gasteiger partial charge in [-0.25, -0.2) is 0 Å². The molecule has 0 radical (unpaired) electrons. The average molecular weight is 425 g/mol. The summed E-state index contributed by atoms with van der Waals surface area (Å²) >= 11 is 0. The van der Waals surface area contributed by atoms with Crippen LogP contribution in [0.5, 0.6) is 5.75 Å². The van der Waals surface area contributed by atoms with E-state index < -0.39 is 6.04 Å². The fourth-order valence-corrected chi connectivity index (χ4v) is 4.30. The highest BCUT2D eigenvalue weighted by Crippen LogP contribution is 2.39. The molecule has 1 aliphatic rings. The maximum absolute atomic E-state index is 13.4. The molecule has 1 unspecified atom stereocenters. The van der Waals surface area contributed by atoms with Crippen molar-refractivity contribution in [1.29, 1.82) is 0 Å². The smallest absolute Gasteiger partial charge is 0.290 e. The van der Waals surface area contributed by atoms with Crippen LogP contribution in [0, 0.1) is 0 Å². The highest BCUT2D eigenvalue weighted by molar-refractivity contribution is 5.99. The Labute approximate surface area is 185 Å². The number of ether oxygens (including phenoxy) is 1. The predicted molar refractivity (Wildman–Crippen MR) is 123 cm³/mol. The maximum Gasteiger partial charge on any atom is 0.290 e. The molecule has 0 saturated carbocycles. The molecule has 32 heavy (non-hydrogen) atoms. The molecule has 3 aromatic carbocycles. The number of benzene rings is 3. The van der Waals surface area contributed by atoms with Gasteiger partial charge < -0.3 is 14.1 Å². The fourth-order valence-electron chi connectivity index (χ4n) is 4.30. The summed E-state index contributed by atoms with van der Waals surface area (Å²) in [4.78, 5) is 28.4. The number of carbonyl (C=O) groups excluding carboxylic acids is 1. The van der Waals surface area contributed by atoms with Crippen LogP contribution >= 0.6 is 0 Å². The van der Waals surface area contributed by atoms with Crippen molar-refractivity contribution in [3.8, 4) is 5.75 Å². The van der Waals surface area contributed by atoms with Crippen LogP contribution in [0.3, 0.4) is 0 Å². The molecule has 0 bridgehead atoms. The van der Waals surface area contributed by atoms with E-state index in [0.717, 1.165) is 17.5 Å². The molecule has 0 spiro atoms. The van der Waals surface area contributed by atoms with Gasteiger partial charge in [0.25, 0.3) is 5.91 Å². The van der Waals surface area contributed by atoms with Crippen LogP contribution in [0.4, 0.5) is 0 Å². The van der Waals surface area contributed by atoms with E-state index in [2.05, 4.69) is 0 Å². The number of carbonyl (C=O) groups is 1. The van der Waals surface area contributed by atoms with Gasteiger partial charge in [-0.05, 0) is 41.8 Å². The minimum Gasteiger partial charge on any atom is -0.489 e. The van der Waals surface area contributed by atoms with Gasteiger partial charge in [0.15, 0.2) is 5.43 Å². The van der Waals surface area contributed by atoms with Crippen LogP contribution in [0.1, 0.15) is 46.6 Å². The normalized spacial score (nSPS) is 15.2. The maximum atomic E-state index is 13.4. The van der Waals surface area contributed by atoms with Crippen molar-refractivity contribution in [3.05, 3.63) is 112 Å². The van der Waals surface area contributed by atoms with E-state index in [9.17, 15) is 9.59 Å². The van der Waals surface area contributed by atoms with Gasteiger partial charge in [-0.3, -0.25) is 9.59 Å². The monoisotopic (exact) mass is 425 g/mol. The number of hydrogen-bond acceptors (Lipinski definition) is 4. The van der Waals surface area contributed by atoms with Crippen LogP contribution in [-0.2, 0) is 6.61 Å². The molecule has 0 N–H and O–H groups in total. The third-order valence-corrected chi connectivity index (χ3v) is 5.76. The van der Waals surface area contributed by atoms with E-state index in [1.165, 1.54) is 0 Å². The van der Waals surface area contributed by atoms with Crippen LogP contribution < -0.4 is 10.2 Å². The molecule has 1 aromatic heterocycles. The molecule has 4 aromatic rings. The van der Waals surface area contributed by atoms with Crippen LogP contribution in [-0.4, -0.2) is 17.4 Å². The molecule has 5 nitrogen and oxygen atoms in total. The molecule has 1 atom stereocenters. The van der Waals surface area contributed by atoms with Gasteiger partial charge in [-0.2, -0.15) is 0 Å². The van der Waals surface area contributed by atoms with E-state index in [-0.39, 0.29) is 17.1 Å². The molecule has 0 aliphatic carbocycles. The Hall–Kier alpha value is -3.86. The first-order valence-corrected chi connectivity index (χ1v) is 10.8. The quantitative estimate of drug-likeness (QED) is 0.419. The van der Waals surface area contributed by atoms with E-state index in [4.69, 9.17) is 9.15 Å². The van der Waals surface area contributed by atoms with Gasteiger partial charge in [0.1, 0.15) is 17.9 Å². The van der Waals surface area contributed by atoms with Crippen molar-refractivity contribution in [2.24, 2.45) is 0 Å². The molecule has 2 heterocycles. The Kier molecular flexibility index (Phi) is 5.23. The van der Waals surface area contributed by atoms with Crippen LogP contribution in [0.15, 0.2) is 88.1 Å². The summed E-state index contributed by atoms with van der Waals surface area (Å²) in [5.41, 5.74) is 2.58. The summed E-state index contributed by atoms with van der Waals surface area (Å²) in [5, 5.41) is 0.485.